The average Bonchev–Trinajstić information content (AvgIpc) is 2.66. The van der Waals surface area contributed by atoms with Crippen LogP contribution >= 0.6 is 0 Å². The lowest BCUT2D eigenvalue weighted by Gasteiger charge is -2.29. The van der Waals surface area contributed by atoms with Crippen LogP contribution in [-0.2, 0) is 19.5 Å². The monoisotopic (exact) mass is 359 g/mol. The summed E-state index contributed by atoms with van der Waals surface area (Å²) in [7, 11) is 0. The molecule has 2 aromatic rings. The summed E-state index contributed by atoms with van der Waals surface area (Å²) in [5, 5.41) is 0. The van der Waals surface area contributed by atoms with Gasteiger partial charge in [-0.2, -0.15) is 0 Å². The van der Waals surface area contributed by atoms with E-state index in [0.29, 0.717) is 37.5 Å². The zero-order valence-electron chi connectivity index (χ0n) is 14.7. The van der Waals surface area contributed by atoms with Crippen molar-refractivity contribution in [2.24, 2.45) is 0 Å². The van der Waals surface area contributed by atoms with E-state index < -0.39 is 11.6 Å². The highest BCUT2D eigenvalue weighted by Gasteiger charge is 2.25. The molecule has 4 nitrogen and oxygen atoms in total. The molecule has 0 atom stereocenters. The van der Waals surface area contributed by atoms with Gasteiger partial charge in [0.1, 0.15) is 5.82 Å². The number of aromatic amines is 1. The molecule has 0 amide bonds. The average molecular weight is 359 g/mol. The minimum atomic E-state index is -0.825. The normalized spacial score (nSPS) is 18.7. The van der Waals surface area contributed by atoms with E-state index in [-0.39, 0.29) is 5.56 Å². The molecule has 1 fully saturated rings. The summed E-state index contributed by atoms with van der Waals surface area (Å²) in [6.07, 6.45) is 6.32. The quantitative estimate of drug-likeness (QED) is 0.910. The van der Waals surface area contributed by atoms with Crippen LogP contribution < -0.4 is 5.56 Å². The predicted molar refractivity (Wildman–Crippen MR) is 94.9 cm³/mol. The van der Waals surface area contributed by atoms with Crippen molar-refractivity contribution in [3.63, 3.8) is 0 Å². The molecule has 2 heterocycles. The Balaban J connectivity index is 1.56. The van der Waals surface area contributed by atoms with Crippen molar-refractivity contribution >= 4 is 0 Å². The van der Waals surface area contributed by atoms with Crippen molar-refractivity contribution in [2.75, 3.05) is 6.54 Å². The number of halogens is 2. The van der Waals surface area contributed by atoms with Gasteiger partial charge in [-0.1, -0.05) is 31.4 Å². The first kappa shape index (κ1) is 17.3. The zero-order valence-corrected chi connectivity index (χ0v) is 14.7. The lowest BCUT2D eigenvalue weighted by molar-refractivity contribution is 0.235. The Morgan fingerprint density at radius 1 is 1.19 bits per heavy atom. The second kappa shape index (κ2) is 7.27. The van der Waals surface area contributed by atoms with Gasteiger partial charge in [-0.05, 0) is 25.3 Å². The molecule has 0 saturated heterocycles. The number of fused-ring (bicyclic) bond motifs is 1. The first-order valence-electron chi connectivity index (χ1n) is 9.39. The fraction of sp³-hybridized carbons (Fsp3) is 0.500. The first-order chi connectivity index (χ1) is 12.6. The molecule has 0 unspecified atom stereocenters. The van der Waals surface area contributed by atoms with Crippen LogP contribution in [0.1, 0.15) is 60.7 Å². The number of nitrogens with zero attached hydrogens (tertiary/aromatic N) is 2. The van der Waals surface area contributed by atoms with Crippen LogP contribution in [0.15, 0.2) is 23.0 Å². The number of aromatic nitrogens is 2. The Labute approximate surface area is 151 Å². The molecule has 6 heteroatoms. The van der Waals surface area contributed by atoms with Crippen LogP contribution in [0.25, 0.3) is 0 Å². The van der Waals surface area contributed by atoms with Crippen molar-refractivity contribution in [1.82, 2.24) is 14.9 Å². The van der Waals surface area contributed by atoms with E-state index in [2.05, 4.69) is 4.98 Å². The lowest BCUT2D eigenvalue weighted by atomic mass is 9.88. The fourth-order valence-corrected chi connectivity index (χ4v) is 4.13. The molecule has 1 N–H and O–H groups in total. The SMILES string of the molecule is O=c1[nH]c(C2CCCCC2)nc2c1CCN(Cc1cccc(F)c1F)C2. The zero-order chi connectivity index (χ0) is 18.1. The van der Waals surface area contributed by atoms with Gasteiger partial charge in [-0.15, -0.1) is 0 Å². The Bertz CT molecular complexity index is 859. The smallest absolute Gasteiger partial charge is 0.254 e. The van der Waals surface area contributed by atoms with Crippen LogP contribution in [0, 0.1) is 11.6 Å². The number of hydrogen-bond acceptors (Lipinski definition) is 3. The van der Waals surface area contributed by atoms with Gasteiger partial charge in [0.25, 0.3) is 5.56 Å². The predicted octanol–water partition coefficient (Wildman–Crippen LogP) is 3.65. The number of rotatable bonds is 3. The third-order valence-electron chi connectivity index (χ3n) is 5.59. The van der Waals surface area contributed by atoms with Crippen LogP contribution in [0.3, 0.4) is 0 Å². The molecular formula is C20H23F2N3O. The molecule has 1 saturated carbocycles. The van der Waals surface area contributed by atoms with Crippen molar-refractivity contribution in [2.45, 2.75) is 57.5 Å². The maximum atomic E-state index is 14.0. The molecule has 138 valence electrons. The topological polar surface area (TPSA) is 49.0 Å². The Hall–Kier alpha value is -2.08. The summed E-state index contributed by atoms with van der Waals surface area (Å²) in [6.45, 7) is 1.45. The highest BCUT2D eigenvalue weighted by atomic mass is 19.2. The molecule has 0 spiro atoms. The van der Waals surface area contributed by atoms with E-state index in [0.717, 1.165) is 36.0 Å². The van der Waals surface area contributed by atoms with Crippen LogP contribution in [-0.4, -0.2) is 21.4 Å². The van der Waals surface area contributed by atoms with Gasteiger partial charge >= 0.3 is 0 Å². The number of benzene rings is 1. The minimum absolute atomic E-state index is 0.0350. The molecule has 1 aromatic carbocycles. The maximum absolute atomic E-state index is 14.0. The van der Waals surface area contributed by atoms with Crippen molar-refractivity contribution in [3.05, 3.63) is 62.8 Å². The maximum Gasteiger partial charge on any atom is 0.254 e. The summed E-state index contributed by atoms with van der Waals surface area (Å²) < 4.78 is 27.4. The number of H-pyrrole nitrogens is 1. The highest BCUT2D eigenvalue weighted by Crippen LogP contribution is 2.31. The summed E-state index contributed by atoms with van der Waals surface area (Å²) in [5.74, 6) is -0.487. The second-order valence-corrected chi connectivity index (χ2v) is 7.38. The summed E-state index contributed by atoms with van der Waals surface area (Å²) >= 11 is 0. The molecule has 0 radical (unpaired) electrons. The van der Waals surface area contributed by atoms with Crippen molar-refractivity contribution in [1.29, 1.82) is 0 Å². The van der Waals surface area contributed by atoms with Gasteiger partial charge in [-0.25, -0.2) is 13.8 Å². The van der Waals surface area contributed by atoms with Crippen LogP contribution in [0.5, 0.6) is 0 Å². The molecule has 26 heavy (non-hydrogen) atoms. The third kappa shape index (κ3) is 3.43. The van der Waals surface area contributed by atoms with E-state index in [1.54, 1.807) is 6.07 Å². The van der Waals surface area contributed by atoms with Crippen LogP contribution in [0.2, 0.25) is 0 Å². The van der Waals surface area contributed by atoms with E-state index in [1.807, 2.05) is 4.90 Å². The van der Waals surface area contributed by atoms with Gasteiger partial charge in [0.05, 0.1) is 5.69 Å². The van der Waals surface area contributed by atoms with Crippen molar-refractivity contribution < 1.29 is 8.78 Å². The second-order valence-electron chi connectivity index (χ2n) is 7.38. The van der Waals surface area contributed by atoms with E-state index >= 15 is 0 Å². The van der Waals surface area contributed by atoms with Crippen molar-refractivity contribution in [3.8, 4) is 0 Å². The highest BCUT2D eigenvalue weighted by molar-refractivity contribution is 5.23. The number of nitrogens with one attached hydrogen (secondary N) is 1. The molecular weight excluding hydrogens is 336 g/mol. The number of hydrogen-bond donors (Lipinski definition) is 1. The Morgan fingerprint density at radius 3 is 2.81 bits per heavy atom. The standard InChI is InChI=1S/C20H23F2N3O/c21-16-8-4-7-14(18(16)22)11-25-10-9-15-17(12-25)23-19(24-20(15)26)13-5-2-1-3-6-13/h4,7-8,13H,1-3,5-6,9-12H2,(H,23,24,26). The van der Waals surface area contributed by atoms with E-state index in [1.165, 1.54) is 25.3 Å². The van der Waals surface area contributed by atoms with Crippen LogP contribution in [0.4, 0.5) is 8.78 Å². The first-order valence-corrected chi connectivity index (χ1v) is 9.39. The third-order valence-corrected chi connectivity index (χ3v) is 5.59. The Morgan fingerprint density at radius 2 is 2.00 bits per heavy atom. The summed E-state index contributed by atoms with van der Waals surface area (Å²) in [5.41, 5.74) is 1.83. The van der Waals surface area contributed by atoms with E-state index in [9.17, 15) is 13.6 Å². The molecule has 1 aromatic heterocycles. The van der Waals surface area contributed by atoms with Gasteiger partial charge in [0.15, 0.2) is 11.6 Å². The van der Waals surface area contributed by atoms with Gasteiger partial charge < -0.3 is 4.98 Å². The fourth-order valence-electron chi connectivity index (χ4n) is 4.13. The Kier molecular flexibility index (Phi) is 4.85. The summed E-state index contributed by atoms with van der Waals surface area (Å²) in [6, 6.07) is 4.25. The molecule has 4 rings (SSSR count). The largest absolute Gasteiger partial charge is 0.310 e. The van der Waals surface area contributed by atoms with Gasteiger partial charge in [-0.3, -0.25) is 9.69 Å². The summed E-state index contributed by atoms with van der Waals surface area (Å²) in [4.78, 5) is 22.2. The molecule has 0 bridgehead atoms. The van der Waals surface area contributed by atoms with E-state index in [4.69, 9.17) is 4.98 Å². The van der Waals surface area contributed by atoms with Gasteiger partial charge in [0, 0.05) is 36.7 Å². The molecule has 1 aliphatic heterocycles. The molecule has 1 aliphatic carbocycles. The van der Waals surface area contributed by atoms with Gasteiger partial charge in [0.2, 0.25) is 0 Å². The minimum Gasteiger partial charge on any atom is -0.310 e. The molecule has 2 aliphatic rings. The lowest BCUT2D eigenvalue weighted by Crippen LogP contribution is -2.36.